The number of aryl methyl sites for hydroxylation is 1. The fourth-order valence-electron chi connectivity index (χ4n) is 1.48. The van der Waals surface area contributed by atoms with Crippen LogP contribution in [-0.2, 0) is 0 Å². The molecule has 0 atom stereocenters. The van der Waals surface area contributed by atoms with Crippen molar-refractivity contribution in [2.45, 2.75) is 6.92 Å². The van der Waals surface area contributed by atoms with Crippen LogP contribution in [-0.4, -0.2) is 4.98 Å². The molecule has 0 saturated heterocycles. The van der Waals surface area contributed by atoms with Gasteiger partial charge in [0.15, 0.2) is 11.6 Å². The number of nitrogens with zero attached hydrogens (tertiary/aromatic N) is 2. The van der Waals surface area contributed by atoms with Gasteiger partial charge in [0, 0.05) is 6.20 Å². The zero-order chi connectivity index (χ0) is 13.1. The Morgan fingerprint density at radius 3 is 2.83 bits per heavy atom. The molecule has 1 aromatic heterocycles. The first-order valence-corrected chi connectivity index (χ1v) is 5.21. The Bertz CT molecular complexity index is 614. The fraction of sp³-hybridized carbons (Fsp3) is 0.0769. The SMILES string of the molecule is Cc1ccnc(Oc2c(N)cccc2F)c1C#N. The van der Waals surface area contributed by atoms with Gasteiger partial charge in [-0.15, -0.1) is 0 Å². The summed E-state index contributed by atoms with van der Waals surface area (Å²) < 4.78 is 18.9. The number of halogens is 1. The molecule has 0 radical (unpaired) electrons. The summed E-state index contributed by atoms with van der Waals surface area (Å²) >= 11 is 0. The third-order valence-electron chi connectivity index (χ3n) is 2.43. The number of para-hydroxylation sites is 1. The third kappa shape index (κ3) is 2.09. The molecule has 0 amide bonds. The molecule has 0 spiro atoms. The first-order valence-electron chi connectivity index (χ1n) is 5.21. The van der Waals surface area contributed by atoms with Crippen molar-refractivity contribution in [2.24, 2.45) is 0 Å². The van der Waals surface area contributed by atoms with E-state index in [4.69, 9.17) is 15.7 Å². The normalized spacial score (nSPS) is 9.83. The van der Waals surface area contributed by atoms with Crippen LogP contribution in [0.3, 0.4) is 0 Å². The lowest BCUT2D eigenvalue weighted by Crippen LogP contribution is -1.99. The maximum Gasteiger partial charge on any atom is 0.237 e. The van der Waals surface area contributed by atoms with Gasteiger partial charge in [0.05, 0.1) is 5.69 Å². The molecule has 18 heavy (non-hydrogen) atoms. The van der Waals surface area contributed by atoms with Crippen LogP contribution in [0.15, 0.2) is 30.5 Å². The maximum absolute atomic E-state index is 13.6. The minimum atomic E-state index is -0.595. The van der Waals surface area contributed by atoms with Gasteiger partial charge in [0.25, 0.3) is 0 Å². The summed E-state index contributed by atoms with van der Waals surface area (Å²) in [4.78, 5) is 3.92. The van der Waals surface area contributed by atoms with E-state index in [1.165, 1.54) is 24.4 Å². The van der Waals surface area contributed by atoms with Gasteiger partial charge in [0.1, 0.15) is 11.6 Å². The Morgan fingerprint density at radius 1 is 1.39 bits per heavy atom. The van der Waals surface area contributed by atoms with Gasteiger partial charge in [-0.05, 0) is 30.7 Å². The highest BCUT2D eigenvalue weighted by molar-refractivity contribution is 5.55. The van der Waals surface area contributed by atoms with E-state index in [1.54, 1.807) is 13.0 Å². The summed E-state index contributed by atoms with van der Waals surface area (Å²) in [5.41, 5.74) is 6.75. The zero-order valence-corrected chi connectivity index (χ0v) is 9.64. The van der Waals surface area contributed by atoms with Crippen LogP contribution in [0, 0.1) is 24.1 Å². The number of nitrogens with two attached hydrogens (primary N) is 1. The van der Waals surface area contributed by atoms with Crippen LogP contribution < -0.4 is 10.5 Å². The number of rotatable bonds is 2. The lowest BCUT2D eigenvalue weighted by atomic mass is 10.2. The smallest absolute Gasteiger partial charge is 0.237 e. The summed E-state index contributed by atoms with van der Waals surface area (Å²) in [6.45, 7) is 1.75. The molecule has 2 aromatic rings. The standard InChI is InChI=1S/C13H10FN3O/c1-8-5-6-17-13(9(8)7-15)18-12-10(14)3-2-4-11(12)16/h2-6H,16H2,1H3. The lowest BCUT2D eigenvalue weighted by molar-refractivity contribution is 0.428. The van der Waals surface area contributed by atoms with Gasteiger partial charge in [0.2, 0.25) is 5.88 Å². The molecule has 2 rings (SSSR count). The minimum Gasteiger partial charge on any atom is -0.432 e. The largest absolute Gasteiger partial charge is 0.432 e. The first kappa shape index (κ1) is 11.9. The van der Waals surface area contributed by atoms with Crippen LogP contribution >= 0.6 is 0 Å². The van der Waals surface area contributed by atoms with Crippen LogP contribution in [0.4, 0.5) is 10.1 Å². The predicted molar refractivity (Wildman–Crippen MR) is 64.6 cm³/mol. The highest BCUT2D eigenvalue weighted by atomic mass is 19.1. The highest BCUT2D eigenvalue weighted by Gasteiger charge is 2.13. The van der Waals surface area contributed by atoms with E-state index in [0.717, 1.165) is 0 Å². The lowest BCUT2D eigenvalue weighted by Gasteiger charge is -2.10. The van der Waals surface area contributed by atoms with Crippen molar-refractivity contribution in [1.82, 2.24) is 4.98 Å². The van der Waals surface area contributed by atoms with E-state index in [2.05, 4.69) is 4.98 Å². The Kier molecular flexibility index (Phi) is 3.11. The van der Waals surface area contributed by atoms with Crippen LogP contribution in [0.5, 0.6) is 11.6 Å². The second-order valence-electron chi connectivity index (χ2n) is 3.68. The summed E-state index contributed by atoms with van der Waals surface area (Å²) in [7, 11) is 0. The zero-order valence-electron chi connectivity index (χ0n) is 9.64. The van der Waals surface area contributed by atoms with Crippen molar-refractivity contribution in [3.8, 4) is 17.7 Å². The molecule has 0 aliphatic heterocycles. The Morgan fingerprint density at radius 2 is 2.17 bits per heavy atom. The van der Waals surface area contributed by atoms with Crippen molar-refractivity contribution in [3.05, 3.63) is 47.4 Å². The van der Waals surface area contributed by atoms with Gasteiger partial charge < -0.3 is 10.5 Å². The molecule has 0 saturated carbocycles. The van der Waals surface area contributed by atoms with E-state index >= 15 is 0 Å². The molecule has 1 heterocycles. The summed E-state index contributed by atoms with van der Waals surface area (Å²) in [6.07, 6.45) is 1.49. The van der Waals surface area contributed by atoms with Crippen molar-refractivity contribution in [2.75, 3.05) is 5.73 Å². The second-order valence-corrected chi connectivity index (χ2v) is 3.68. The number of anilines is 1. The van der Waals surface area contributed by atoms with Crippen molar-refractivity contribution < 1.29 is 9.13 Å². The molecule has 2 N–H and O–H groups in total. The van der Waals surface area contributed by atoms with Crippen LogP contribution in [0.2, 0.25) is 0 Å². The number of nitrogen functional groups attached to an aromatic ring is 1. The molecular weight excluding hydrogens is 233 g/mol. The van der Waals surface area contributed by atoms with Crippen LogP contribution in [0.1, 0.15) is 11.1 Å². The topological polar surface area (TPSA) is 71.9 Å². The summed E-state index contributed by atoms with van der Waals surface area (Å²) in [5, 5.41) is 9.02. The van der Waals surface area contributed by atoms with Crippen molar-refractivity contribution in [3.63, 3.8) is 0 Å². The minimum absolute atomic E-state index is 0.0503. The van der Waals surface area contributed by atoms with Gasteiger partial charge in [-0.25, -0.2) is 9.37 Å². The van der Waals surface area contributed by atoms with Crippen LogP contribution in [0.25, 0.3) is 0 Å². The number of hydrogen-bond acceptors (Lipinski definition) is 4. The quantitative estimate of drug-likeness (QED) is 0.823. The predicted octanol–water partition coefficient (Wildman–Crippen LogP) is 2.78. The number of ether oxygens (including phenoxy) is 1. The van der Waals surface area contributed by atoms with E-state index in [-0.39, 0.29) is 22.9 Å². The Labute approximate surface area is 103 Å². The molecule has 4 nitrogen and oxygen atoms in total. The highest BCUT2D eigenvalue weighted by Crippen LogP contribution is 2.31. The number of pyridine rings is 1. The van der Waals surface area contributed by atoms with Gasteiger partial charge >= 0.3 is 0 Å². The summed E-state index contributed by atoms with van der Waals surface area (Å²) in [6, 6.07) is 7.87. The molecule has 0 fully saturated rings. The van der Waals surface area contributed by atoms with Gasteiger partial charge in [-0.3, -0.25) is 0 Å². The molecule has 0 bridgehead atoms. The average Bonchev–Trinajstić information content (AvgIpc) is 2.34. The monoisotopic (exact) mass is 243 g/mol. The van der Waals surface area contributed by atoms with E-state index < -0.39 is 5.82 Å². The van der Waals surface area contributed by atoms with Gasteiger partial charge in [-0.1, -0.05) is 6.07 Å². The van der Waals surface area contributed by atoms with Crippen molar-refractivity contribution in [1.29, 1.82) is 5.26 Å². The summed E-state index contributed by atoms with van der Waals surface area (Å²) in [5.74, 6) is -0.663. The molecule has 1 aromatic carbocycles. The van der Waals surface area contributed by atoms with Gasteiger partial charge in [-0.2, -0.15) is 5.26 Å². The Hall–Kier alpha value is -2.61. The number of aromatic nitrogens is 1. The van der Waals surface area contributed by atoms with E-state index in [0.29, 0.717) is 5.56 Å². The molecule has 0 aliphatic rings. The maximum atomic E-state index is 13.6. The second kappa shape index (κ2) is 4.72. The molecule has 5 heteroatoms. The Balaban J connectivity index is 2.48. The average molecular weight is 243 g/mol. The molecule has 0 aliphatic carbocycles. The van der Waals surface area contributed by atoms with Crippen molar-refractivity contribution >= 4 is 5.69 Å². The first-order chi connectivity index (χ1) is 8.63. The van der Waals surface area contributed by atoms with E-state index in [9.17, 15) is 4.39 Å². The molecular formula is C13H10FN3O. The number of benzene rings is 1. The number of nitriles is 1. The third-order valence-corrected chi connectivity index (χ3v) is 2.43. The fourth-order valence-corrected chi connectivity index (χ4v) is 1.48. The molecule has 0 unspecified atom stereocenters. The van der Waals surface area contributed by atoms with E-state index in [1.807, 2.05) is 6.07 Å². The molecule has 90 valence electrons. The number of hydrogen-bond donors (Lipinski definition) is 1.